The second-order valence-electron chi connectivity index (χ2n) is 18.7. The van der Waals surface area contributed by atoms with Crippen LogP contribution in [0.1, 0.15) is 69.3 Å². The van der Waals surface area contributed by atoms with E-state index in [0.29, 0.717) is 29.6 Å². The molecule has 2 heterocycles. The number of allylic oxidation sites excluding steroid dienone is 13. The first-order valence-corrected chi connectivity index (χ1v) is 23.1. The number of aliphatic imine (C=N–C) groups is 1. The van der Waals surface area contributed by atoms with Gasteiger partial charge in [0.15, 0.2) is 0 Å². The standard InChI is InChI=1S/C59H56N4/c1-39-17-15-26-52(57(39)50-25-16-24-49(40(50)2)44-31-33-55-51(37-44)59(3)34-14-13-27-56(59)63(55)48-22-11-6-12-23-48)60-47-32-30-41-28-29-45(35-46(41)36-47)54-38-53(42-18-7-4-8-19-42)61-58(62-54)43-20-9-5-10-21-43/h4-14,16,18-30,32-33,35-40,44,49,57-58,60-61H,15,17,31,34H2,1-3H3. The van der Waals surface area contributed by atoms with Gasteiger partial charge < -0.3 is 15.5 Å². The Morgan fingerprint density at radius 2 is 1.56 bits per heavy atom. The van der Waals surface area contributed by atoms with E-state index in [4.69, 9.17) is 4.99 Å². The van der Waals surface area contributed by atoms with Gasteiger partial charge in [0.2, 0.25) is 0 Å². The molecule has 63 heavy (non-hydrogen) atoms. The molecule has 2 N–H and O–H groups in total. The van der Waals surface area contributed by atoms with Gasteiger partial charge in [0.25, 0.3) is 0 Å². The molecule has 5 aromatic rings. The first-order valence-electron chi connectivity index (χ1n) is 23.1. The van der Waals surface area contributed by atoms with E-state index in [1.54, 1.807) is 5.57 Å². The minimum atomic E-state index is -0.174. The molecule has 312 valence electrons. The smallest absolute Gasteiger partial charge is 0.145 e. The maximum Gasteiger partial charge on any atom is 0.145 e. The van der Waals surface area contributed by atoms with Crippen molar-refractivity contribution in [3.8, 4) is 0 Å². The van der Waals surface area contributed by atoms with Crippen LogP contribution in [0.5, 0.6) is 0 Å². The summed E-state index contributed by atoms with van der Waals surface area (Å²) in [6.07, 6.45) is 28.4. The van der Waals surface area contributed by atoms with Gasteiger partial charge in [0.05, 0.1) is 5.71 Å². The van der Waals surface area contributed by atoms with Crippen LogP contribution in [0, 0.1) is 35.0 Å². The van der Waals surface area contributed by atoms with Crippen molar-refractivity contribution in [1.82, 2.24) is 5.32 Å². The molecular formula is C59H56N4. The van der Waals surface area contributed by atoms with Crippen molar-refractivity contribution in [2.75, 3.05) is 10.2 Å². The largest absolute Gasteiger partial charge is 0.360 e. The van der Waals surface area contributed by atoms with Crippen molar-refractivity contribution in [2.45, 2.75) is 52.6 Å². The Hall–Kier alpha value is -6.65. The normalized spacial score (nSPS) is 27.4. The van der Waals surface area contributed by atoms with E-state index in [-0.39, 0.29) is 11.6 Å². The zero-order chi connectivity index (χ0) is 42.5. The molecule has 0 radical (unpaired) electrons. The Morgan fingerprint density at radius 1 is 0.778 bits per heavy atom. The SMILES string of the molecule is CC1CCC=C(Nc2ccc3ccc(C4=NC(c5ccccc5)NC(c5ccccc5)=C4)cc3c2)C1C1=CC=CC(C2C=C3C(=CC2)N(c2ccccc2)C2=CC=CCC32C)C1C. The third-order valence-corrected chi connectivity index (χ3v) is 14.7. The Morgan fingerprint density at radius 3 is 2.38 bits per heavy atom. The maximum absolute atomic E-state index is 5.27. The second kappa shape index (κ2) is 16.2. The summed E-state index contributed by atoms with van der Waals surface area (Å²) in [4.78, 5) is 7.80. The van der Waals surface area contributed by atoms with Gasteiger partial charge in [-0.25, -0.2) is 0 Å². The van der Waals surface area contributed by atoms with Crippen LogP contribution >= 0.6 is 0 Å². The minimum absolute atomic E-state index is 0.0266. The van der Waals surface area contributed by atoms with Gasteiger partial charge in [0.1, 0.15) is 6.17 Å². The van der Waals surface area contributed by atoms with Gasteiger partial charge in [0, 0.05) is 51.1 Å². The first kappa shape index (κ1) is 39.2. The number of rotatable bonds is 8. The molecule has 4 heteroatoms. The molecule has 0 spiro atoms. The van der Waals surface area contributed by atoms with Crippen molar-refractivity contribution in [3.05, 3.63) is 233 Å². The van der Waals surface area contributed by atoms with Crippen LogP contribution in [0.2, 0.25) is 0 Å². The predicted molar refractivity (Wildman–Crippen MR) is 264 cm³/mol. The highest BCUT2D eigenvalue weighted by molar-refractivity contribution is 6.14. The number of nitrogens with zero attached hydrogens (tertiary/aromatic N) is 2. The van der Waals surface area contributed by atoms with Crippen molar-refractivity contribution in [3.63, 3.8) is 0 Å². The highest BCUT2D eigenvalue weighted by Crippen LogP contribution is 2.58. The highest BCUT2D eigenvalue weighted by Gasteiger charge is 2.49. The summed E-state index contributed by atoms with van der Waals surface area (Å²) < 4.78 is 0. The molecule has 7 atom stereocenters. The number of anilines is 2. The second-order valence-corrected chi connectivity index (χ2v) is 18.7. The summed E-state index contributed by atoms with van der Waals surface area (Å²) in [5.41, 5.74) is 15.0. The number of hydrogen-bond acceptors (Lipinski definition) is 4. The Bertz CT molecular complexity index is 2850. The number of benzene rings is 5. The van der Waals surface area contributed by atoms with Crippen LogP contribution < -0.4 is 15.5 Å². The van der Waals surface area contributed by atoms with Gasteiger partial charge in [-0.2, -0.15) is 0 Å². The zero-order valence-corrected chi connectivity index (χ0v) is 36.6. The third-order valence-electron chi connectivity index (χ3n) is 14.7. The van der Waals surface area contributed by atoms with Crippen molar-refractivity contribution in [1.29, 1.82) is 0 Å². The van der Waals surface area contributed by atoms with Crippen LogP contribution in [-0.2, 0) is 0 Å². The van der Waals surface area contributed by atoms with Crippen LogP contribution in [-0.4, -0.2) is 5.71 Å². The van der Waals surface area contributed by atoms with Crippen LogP contribution in [0.3, 0.4) is 0 Å². The molecule has 6 aliphatic rings. The first-order chi connectivity index (χ1) is 30.9. The fraction of sp³-hybridized carbons (Fsp3) is 0.237. The molecule has 0 saturated carbocycles. The molecular weight excluding hydrogens is 765 g/mol. The molecule has 1 saturated heterocycles. The van der Waals surface area contributed by atoms with E-state index >= 15 is 0 Å². The Labute approximate surface area is 373 Å². The Balaban J connectivity index is 0.862. The molecule has 5 aromatic carbocycles. The summed E-state index contributed by atoms with van der Waals surface area (Å²) in [6.45, 7) is 7.42. The average molecular weight is 821 g/mol. The summed E-state index contributed by atoms with van der Waals surface area (Å²) in [5.74, 6) is 2.17. The fourth-order valence-electron chi connectivity index (χ4n) is 11.4. The quantitative estimate of drug-likeness (QED) is 0.164. The molecule has 0 aromatic heterocycles. The molecule has 4 aliphatic carbocycles. The van der Waals surface area contributed by atoms with Crippen LogP contribution in [0.4, 0.5) is 11.4 Å². The van der Waals surface area contributed by atoms with Crippen LogP contribution in [0.15, 0.2) is 221 Å². The number of para-hydroxylation sites is 1. The van der Waals surface area contributed by atoms with Gasteiger partial charge in [-0.15, -0.1) is 0 Å². The molecule has 4 nitrogen and oxygen atoms in total. The van der Waals surface area contributed by atoms with Gasteiger partial charge in [-0.1, -0.05) is 165 Å². The molecule has 0 bridgehead atoms. The third kappa shape index (κ3) is 7.16. The summed E-state index contributed by atoms with van der Waals surface area (Å²) >= 11 is 0. The average Bonchev–Trinajstić information content (AvgIpc) is 3.60. The minimum Gasteiger partial charge on any atom is -0.360 e. The molecule has 0 amide bonds. The molecule has 11 rings (SSSR count). The van der Waals surface area contributed by atoms with Gasteiger partial charge in [-0.05, 0) is 126 Å². The van der Waals surface area contributed by atoms with E-state index in [1.165, 1.54) is 45.5 Å². The summed E-state index contributed by atoms with van der Waals surface area (Å²) in [5, 5.41) is 10.1. The lowest BCUT2D eigenvalue weighted by Gasteiger charge is -2.41. The topological polar surface area (TPSA) is 39.7 Å². The summed E-state index contributed by atoms with van der Waals surface area (Å²) in [7, 11) is 0. The van der Waals surface area contributed by atoms with Crippen molar-refractivity contribution < 1.29 is 0 Å². The van der Waals surface area contributed by atoms with E-state index in [2.05, 4.69) is 224 Å². The van der Waals surface area contributed by atoms with E-state index in [0.717, 1.165) is 53.0 Å². The maximum atomic E-state index is 5.27. The lowest BCUT2D eigenvalue weighted by Crippen LogP contribution is -2.32. The van der Waals surface area contributed by atoms with E-state index in [1.807, 2.05) is 0 Å². The van der Waals surface area contributed by atoms with Crippen molar-refractivity contribution in [2.24, 2.45) is 40.0 Å². The molecule has 1 fully saturated rings. The highest BCUT2D eigenvalue weighted by atomic mass is 15.2. The lowest BCUT2D eigenvalue weighted by molar-refractivity contribution is 0.316. The molecule has 2 aliphatic heterocycles. The number of hydrogen-bond donors (Lipinski definition) is 2. The monoisotopic (exact) mass is 820 g/mol. The molecule has 7 unspecified atom stereocenters. The van der Waals surface area contributed by atoms with E-state index in [9.17, 15) is 0 Å². The van der Waals surface area contributed by atoms with Gasteiger partial charge >= 0.3 is 0 Å². The van der Waals surface area contributed by atoms with E-state index < -0.39 is 0 Å². The van der Waals surface area contributed by atoms with Gasteiger partial charge in [-0.3, -0.25) is 4.99 Å². The predicted octanol–water partition coefficient (Wildman–Crippen LogP) is 14.3. The zero-order valence-electron chi connectivity index (χ0n) is 36.6. The number of fused-ring (bicyclic) bond motifs is 4. The fourth-order valence-corrected chi connectivity index (χ4v) is 11.4. The van der Waals surface area contributed by atoms with Crippen molar-refractivity contribution >= 4 is 33.6 Å². The Kier molecular flexibility index (Phi) is 10.1. The lowest BCUT2D eigenvalue weighted by atomic mass is 9.65. The van der Waals surface area contributed by atoms with Crippen LogP contribution in [0.25, 0.3) is 16.5 Å². The summed E-state index contributed by atoms with van der Waals surface area (Å²) in [6, 6.07) is 45.7. The number of nitrogens with one attached hydrogen (secondary N) is 2.